The molecule has 144 valence electrons. The van der Waals surface area contributed by atoms with Crippen molar-refractivity contribution >= 4 is 39.9 Å². The van der Waals surface area contributed by atoms with Crippen molar-refractivity contribution in [2.45, 2.75) is 26.8 Å². The third kappa shape index (κ3) is 3.65. The molecule has 0 unspecified atom stereocenters. The van der Waals surface area contributed by atoms with Crippen LogP contribution in [0.1, 0.15) is 21.7 Å². The van der Waals surface area contributed by atoms with Crippen LogP contribution in [0.2, 0.25) is 5.02 Å². The lowest BCUT2D eigenvalue weighted by atomic mass is 10.1. The van der Waals surface area contributed by atoms with Crippen molar-refractivity contribution < 1.29 is 4.79 Å². The fourth-order valence-corrected chi connectivity index (χ4v) is 4.55. The van der Waals surface area contributed by atoms with E-state index in [-0.39, 0.29) is 0 Å². The van der Waals surface area contributed by atoms with E-state index in [1.165, 1.54) is 11.3 Å². The van der Waals surface area contributed by atoms with Gasteiger partial charge in [0, 0.05) is 35.8 Å². The molecular formula is C19H19ClN6OS. The van der Waals surface area contributed by atoms with E-state index in [4.69, 9.17) is 17.3 Å². The summed E-state index contributed by atoms with van der Waals surface area (Å²) in [6, 6.07) is 3.48. The number of nitrogens with two attached hydrogens (primary N) is 1. The number of nitrogens with one attached hydrogen (secondary N) is 1. The highest BCUT2D eigenvalue weighted by molar-refractivity contribution is 7.15. The average molecular weight is 415 g/mol. The Labute approximate surface area is 171 Å². The Morgan fingerprint density at radius 3 is 2.86 bits per heavy atom. The molecule has 0 spiro atoms. The van der Waals surface area contributed by atoms with Crippen LogP contribution < -0.4 is 16.0 Å². The SMILES string of the molecule is Cc1cnc(-c2cc(N3CCc4nc(NC(N)=O)sc4C3)ncc2Cl)c(C)c1. The van der Waals surface area contributed by atoms with Gasteiger partial charge in [-0.25, -0.2) is 14.8 Å². The van der Waals surface area contributed by atoms with E-state index in [0.717, 1.165) is 51.7 Å². The van der Waals surface area contributed by atoms with Crippen LogP contribution in [0.3, 0.4) is 0 Å². The smallest absolute Gasteiger partial charge is 0.318 e. The van der Waals surface area contributed by atoms with E-state index in [1.807, 2.05) is 26.1 Å². The standard InChI is InChI=1S/C19H19ClN6OS/c1-10-5-11(2)17(23-7-10)12-6-16(22-8-13(12)20)26-4-3-14-15(9-26)28-19(24-14)25-18(21)27/h5-8H,3-4,9H2,1-2H3,(H3,21,24,25,27). The quantitative estimate of drug-likeness (QED) is 0.676. The molecule has 0 atom stereocenters. The molecule has 0 bridgehead atoms. The van der Waals surface area contributed by atoms with Crippen molar-refractivity contribution in [1.82, 2.24) is 15.0 Å². The minimum absolute atomic E-state index is 0.531. The van der Waals surface area contributed by atoms with Gasteiger partial charge in [0.25, 0.3) is 0 Å². The first-order chi connectivity index (χ1) is 13.4. The number of urea groups is 1. The van der Waals surface area contributed by atoms with E-state index < -0.39 is 6.03 Å². The molecule has 3 N–H and O–H groups in total. The van der Waals surface area contributed by atoms with Gasteiger partial charge < -0.3 is 10.6 Å². The van der Waals surface area contributed by atoms with Gasteiger partial charge in [-0.3, -0.25) is 10.3 Å². The number of nitrogens with zero attached hydrogens (tertiary/aromatic N) is 4. The number of aromatic nitrogens is 3. The van der Waals surface area contributed by atoms with Crippen molar-refractivity contribution in [2.75, 3.05) is 16.8 Å². The van der Waals surface area contributed by atoms with Crippen molar-refractivity contribution in [3.05, 3.63) is 51.2 Å². The van der Waals surface area contributed by atoms with Gasteiger partial charge in [0.2, 0.25) is 0 Å². The zero-order valence-corrected chi connectivity index (χ0v) is 17.1. The van der Waals surface area contributed by atoms with Gasteiger partial charge in [-0.15, -0.1) is 0 Å². The summed E-state index contributed by atoms with van der Waals surface area (Å²) in [6.45, 7) is 5.50. The lowest BCUT2D eigenvalue weighted by Crippen LogP contribution is -2.30. The molecule has 3 aromatic rings. The lowest BCUT2D eigenvalue weighted by Gasteiger charge is -2.27. The Morgan fingerprint density at radius 1 is 1.29 bits per heavy atom. The third-order valence-electron chi connectivity index (χ3n) is 4.60. The fraction of sp³-hybridized carbons (Fsp3) is 0.263. The molecular weight excluding hydrogens is 396 g/mol. The maximum Gasteiger partial charge on any atom is 0.318 e. The number of carbonyl (C=O) groups is 1. The zero-order chi connectivity index (χ0) is 19.8. The second-order valence-corrected chi connectivity index (χ2v) is 8.24. The molecule has 1 aliphatic rings. The largest absolute Gasteiger partial charge is 0.351 e. The van der Waals surface area contributed by atoms with Gasteiger partial charge in [0.05, 0.1) is 23.0 Å². The second-order valence-electron chi connectivity index (χ2n) is 6.75. The monoisotopic (exact) mass is 414 g/mol. The van der Waals surface area contributed by atoms with Gasteiger partial charge in [0.15, 0.2) is 5.13 Å². The molecule has 2 amide bonds. The summed E-state index contributed by atoms with van der Waals surface area (Å²) in [5, 5.41) is 3.66. The highest BCUT2D eigenvalue weighted by atomic mass is 35.5. The highest BCUT2D eigenvalue weighted by Gasteiger charge is 2.23. The van der Waals surface area contributed by atoms with E-state index >= 15 is 0 Å². The fourth-order valence-electron chi connectivity index (χ4n) is 3.33. The number of primary amides is 1. The van der Waals surface area contributed by atoms with Crippen LogP contribution in [0.25, 0.3) is 11.3 Å². The molecule has 0 aliphatic carbocycles. The Morgan fingerprint density at radius 2 is 2.11 bits per heavy atom. The first kappa shape index (κ1) is 18.6. The molecule has 4 heterocycles. The molecule has 4 rings (SSSR count). The Balaban J connectivity index is 1.64. The average Bonchev–Trinajstić information content (AvgIpc) is 3.03. The second kappa shape index (κ2) is 7.37. The molecule has 3 aromatic heterocycles. The van der Waals surface area contributed by atoms with Crippen LogP contribution in [0.15, 0.2) is 24.5 Å². The number of fused-ring (bicyclic) bond motifs is 1. The third-order valence-corrected chi connectivity index (χ3v) is 5.90. The van der Waals surface area contributed by atoms with Crippen LogP contribution in [0, 0.1) is 13.8 Å². The van der Waals surface area contributed by atoms with Crippen molar-refractivity contribution in [3.8, 4) is 11.3 Å². The van der Waals surface area contributed by atoms with Crippen LogP contribution in [0.4, 0.5) is 15.7 Å². The predicted octanol–water partition coefficient (Wildman–Crippen LogP) is 3.92. The van der Waals surface area contributed by atoms with E-state index in [0.29, 0.717) is 16.7 Å². The highest BCUT2D eigenvalue weighted by Crippen LogP contribution is 2.34. The normalized spacial score (nSPS) is 13.3. The summed E-state index contributed by atoms with van der Waals surface area (Å²) in [5.41, 5.74) is 10.1. The minimum Gasteiger partial charge on any atom is -0.351 e. The summed E-state index contributed by atoms with van der Waals surface area (Å²) < 4.78 is 0. The number of amides is 2. The number of halogens is 1. The predicted molar refractivity (Wildman–Crippen MR) is 112 cm³/mol. The maximum absolute atomic E-state index is 11.1. The number of pyridine rings is 2. The number of hydrogen-bond donors (Lipinski definition) is 2. The van der Waals surface area contributed by atoms with Gasteiger partial charge >= 0.3 is 6.03 Å². The molecule has 0 saturated heterocycles. The van der Waals surface area contributed by atoms with Crippen molar-refractivity contribution in [1.29, 1.82) is 0 Å². The van der Waals surface area contributed by atoms with Crippen molar-refractivity contribution in [3.63, 3.8) is 0 Å². The van der Waals surface area contributed by atoms with Crippen LogP contribution in [0.5, 0.6) is 0 Å². The first-order valence-electron chi connectivity index (χ1n) is 8.80. The number of thiazole rings is 1. The van der Waals surface area contributed by atoms with E-state index in [9.17, 15) is 4.79 Å². The topological polar surface area (TPSA) is 97.0 Å². The molecule has 28 heavy (non-hydrogen) atoms. The Bertz CT molecular complexity index is 1070. The van der Waals surface area contributed by atoms with Crippen LogP contribution in [-0.4, -0.2) is 27.5 Å². The van der Waals surface area contributed by atoms with E-state index in [1.54, 1.807) is 6.20 Å². The van der Waals surface area contributed by atoms with Gasteiger partial charge in [0.1, 0.15) is 5.82 Å². The van der Waals surface area contributed by atoms with E-state index in [2.05, 4.69) is 31.2 Å². The lowest BCUT2D eigenvalue weighted by molar-refractivity contribution is 0.259. The van der Waals surface area contributed by atoms with Gasteiger partial charge in [-0.05, 0) is 31.0 Å². The number of rotatable bonds is 3. The zero-order valence-electron chi connectivity index (χ0n) is 15.5. The number of carbonyl (C=O) groups excluding carboxylic acids is 1. The molecule has 7 nitrogen and oxygen atoms in total. The number of hydrogen-bond acceptors (Lipinski definition) is 6. The first-order valence-corrected chi connectivity index (χ1v) is 9.99. The van der Waals surface area contributed by atoms with Crippen molar-refractivity contribution in [2.24, 2.45) is 5.73 Å². The van der Waals surface area contributed by atoms with Gasteiger partial charge in [-0.2, -0.15) is 0 Å². The summed E-state index contributed by atoms with van der Waals surface area (Å²) >= 11 is 7.87. The Kier molecular flexibility index (Phi) is 4.91. The summed E-state index contributed by atoms with van der Waals surface area (Å²) in [6.07, 6.45) is 4.29. The molecule has 0 fully saturated rings. The molecule has 1 aliphatic heterocycles. The molecule has 0 aromatic carbocycles. The summed E-state index contributed by atoms with van der Waals surface area (Å²) in [7, 11) is 0. The molecule has 0 radical (unpaired) electrons. The minimum atomic E-state index is -0.604. The maximum atomic E-state index is 11.1. The van der Waals surface area contributed by atoms with Crippen LogP contribution in [-0.2, 0) is 13.0 Å². The number of aryl methyl sites for hydroxylation is 2. The number of anilines is 2. The summed E-state index contributed by atoms with van der Waals surface area (Å²) in [4.78, 5) is 27.9. The molecule has 0 saturated carbocycles. The molecule has 9 heteroatoms. The Hall–Kier alpha value is -2.71. The summed E-state index contributed by atoms with van der Waals surface area (Å²) in [5.74, 6) is 0.838. The van der Waals surface area contributed by atoms with Crippen LogP contribution >= 0.6 is 22.9 Å². The van der Waals surface area contributed by atoms with Gasteiger partial charge in [-0.1, -0.05) is 29.0 Å².